The summed E-state index contributed by atoms with van der Waals surface area (Å²) in [7, 11) is 1.68. The van der Waals surface area contributed by atoms with Gasteiger partial charge in [0, 0.05) is 31.6 Å². The zero-order chi connectivity index (χ0) is 15.0. The predicted molar refractivity (Wildman–Crippen MR) is 79.9 cm³/mol. The average Bonchev–Trinajstić information content (AvgIpc) is 3.06. The van der Waals surface area contributed by atoms with E-state index in [2.05, 4.69) is 4.98 Å². The Labute approximate surface area is 125 Å². The van der Waals surface area contributed by atoms with Crippen molar-refractivity contribution in [3.8, 4) is 0 Å². The molecule has 0 amide bonds. The third-order valence-corrected chi connectivity index (χ3v) is 4.69. The highest BCUT2D eigenvalue weighted by atomic mass is 32.1. The Hall–Kier alpha value is -1.71. The fraction of sp³-hybridized carbons (Fsp3) is 0.583. The van der Waals surface area contributed by atoms with Gasteiger partial charge in [-0.1, -0.05) is 11.3 Å². The Balaban J connectivity index is 2.01. The summed E-state index contributed by atoms with van der Waals surface area (Å²) in [6.07, 6.45) is 3.40. The normalized spacial score (nSPS) is 22.9. The van der Waals surface area contributed by atoms with E-state index in [4.69, 9.17) is 10.5 Å². The molecule has 8 nitrogen and oxygen atoms in total. The Bertz CT molecular complexity index is 654. The van der Waals surface area contributed by atoms with E-state index in [0.29, 0.717) is 23.9 Å². The van der Waals surface area contributed by atoms with Crippen molar-refractivity contribution in [2.75, 3.05) is 25.1 Å². The average molecular weight is 311 g/mol. The van der Waals surface area contributed by atoms with Crippen LogP contribution in [0.3, 0.4) is 0 Å². The van der Waals surface area contributed by atoms with Crippen molar-refractivity contribution < 1.29 is 9.66 Å². The summed E-state index contributed by atoms with van der Waals surface area (Å²) in [5.74, 6) is 0.428. The van der Waals surface area contributed by atoms with Crippen LogP contribution >= 0.6 is 11.3 Å². The van der Waals surface area contributed by atoms with E-state index in [-0.39, 0.29) is 22.9 Å². The molecule has 1 fully saturated rings. The summed E-state index contributed by atoms with van der Waals surface area (Å²) in [6, 6.07) is 0.00649. The van der Waals surface area contributed by atoms with Crippen LogP contribution in [0.15, 0.2) is 11.6 Å². The van der Waals surface area contributed by atoms with Gasteiger partial charge in [-0.2, -0.15) is 9.38 Å². The highest BCUT2D eigenvalue weighted by Crippen LogP contribution is 2.34. The van der Waals surface area contributed by atoms with Gasteiger partial charge in [-0.3, -0.25) is 0 Å². The van der Waals surface area contributed by atoms with Gasteiger partial charge in [0.15, 0.2) is 0 Å². The van der Waals surface area contributed by atoms with Crippen molar-refractivity contribution >= 4 is 27.9 Å². The van der Waals surface area contributed by atoms with E-state index in [1.807, 2.05) is 4.90 Å². The number of rotatable bonds is 4. The molecule has 0 bridgehead atoms. The van der Waals surface area contributed by atoms with Crippen molar-refractivity contribution in [3.05, 3.63) is 21.7 Å². The fourth-order valence-electron chi connectivity index (χ4n) is 2.86. The maximum atomic E-state index is 11.4. The van der Waals surface area contributed by atoms with Gasteiger partial charge in [-0.25, -0.2) is 0 Å². The molecule has 21 heavy (non-hydrogen) atoms. The predicted octanol–water partition coefficient (Wildman–Crippen LogP) is 1.25. The quantitative estimate of drug-likeness (QED) is 0.674. The topological polar surface area (TPSA) is 98.9 Å². The van der Waals surface area contributed by atoms with E-state index in [1.54, 1.807) is 18.7 Å². The zero-order valence-electron chi connectivity index (χ0n) is 11.6. The Kier molecular flexibility index (Phi) is 3.79. The number of nitrogens with two attached hydrogens (primary N) is 1. The van der Waals surface area contributed by atoms with Crippen LogP contribution in [0.4, 0.5) is 11.6 Å². The number of methoxy groups -OCH3 is 1. The van der Waals surface area contributed by atoms with Gasteiger partial charge < -0.3 is 25.5 Å². The van der Waals surface area contributed by atoms with Crippen molar-refractivity contribution in [3.63, 3.8) is 0 Å². The maximum Gasteiger partial charge on any atom is 0.373 e. The van der Waals surface area contributed by atoms with E-state index in [0.717, 1.165) is 12.8 Å². The molecule has 3 rings (SSSR count). The smallest absolute Gasteiger partial charge is 0.373 e. The van der Waals surface area contributed by atoms with Crippen LogP contribution in [0.5, 0.6) is 0 Å². The lowest BCUT2D eigenvalue weighted by molar-refractivity contribution is -0.389. The third-order valence-electron chi connectivity index (χ3n) is 3.94. The first-order chi connectivity index (χ1) is 10.2. The van der Waals surface area contributed by atoms with E-state index in [1.165, 1.54) is 15.7 Å². The van der Waals surface area contributed by atoms with Gasteiger partial charge in [0.2, 0.25) is 5.82 Å². The van der Waals surface area contributed by atoms with Crippen LogP contribution in [0.25, 0.3) is 4.96 Å². The standard InChI is InChI=1S/C12H17N5O3S/c1-20-9-2-3-15(8(6-9)7-13)10-11(17(18)19)16-4-5-21-12(16)14-10/h4-5,8-9H,2-3,6-7,13H2,1H3. The Morgan fingerprint density at radius 1 is 1.67 bits per heavy atom. The van der Waals surface area contributed by atoms with Gasteiger partial charge in [0.1, 0.15) is 6.20 Å². The zero-order valence-corrected chi connectivity index (χ0v) is 12.5. The lowest BCUT2D eigenvalue weighted by Gasteiger charge is -2.38. The second-order valence-electron chi connectivity index (χ2n) is 5.04. The van der Waals surface area contributed by atoms with Crippen LogP contribution < -0.4 is 10.6 Å². The summed E-state index contributed by atoms with van der Waals surface area (Å²) in [5.41, 5.74) is 5.84. The van der Waals surface area contributed by atoms with Crippen molar-refractivity contribution in [2.45, 2.75) is 25.0 Å². The molecule has 0 spiro atoms. The molecule has 2 unspecified atom stereocenters. The molecule has 2 atom stereocenters. The molecular formula is C12H17N5O3S. The molecule has 0 aliphatic carbocycles. The van der Waals surface area contributed by atoms with E-state index >= 15 is 0 Å². The number of aromatic nitrogens is 2. The number of nitrogens with zero attached hydrogens (tertiary/aromatic N) is 4. The van der Waals surface area contributed by atoms with Crippen molar-refractivity contribution in [2.24, 2.45) is 5.73 Å². The van der Waals surface area contributed by atoms with Gasteiger partial charge in [-0.15, -0.1) is 0 Å². The number of fused-ring (bicyclic) bond motifs is 1. The minimum Gasteiger partial charge on any atom is -0.381 e. The number of thiazole rings is 1. The van der Waals surface area contributed by atoms with Gasteiger partial charge in [0.05, 0.1) is 6.10 Å². The SMILES string of the molecule is COC1CCN(c2nc3sccn3c2[N+](=O)[O-])C(CN)C1. The molecule has 9 heteroatoms. The summed E-state index contributed by atoms with van der Waals surface area (Å²) in [6.45, 7) is 1.08. The molecule has 1 saturated heterocycles. The summed E-state index contributed by atoms with van der Waals surface area (Å²) >= 11 is 1.38. The van der Waals surface area contributed by atoms with Crippen LogP contribution in [0.2, 0.25) is 0 Å². The van der Waals surface area contributed by atoms with E-state index < -0.39 is 0 Å². The largest absolute Gasteiger partial charge is 0.381 e. The minimum absolute atomic E-state index is 0.00649. The summed E-state index contributed by atoms with van der Waals surface area (Å²) in [5, 5.41) is 13.2. The van der Waals surface area contributed by atoms with Crippen molar-refractivity contribution in [1.82, 2.24) is 9.38 Å². The Morgan fingerprint density at radius 3 is 3.14 bits per heavy atom. The lowest BCUT2D eigenvalue weighted by Crippen LogP contribution is -2.49. The first kappa shape index (κ1) is 14.2. The molecule has 1 aliphatic rings. The van der Waals surface area contributed by atoms with Crippen LogP contribution in [0, 0.1) is 10.1 Å². The van der Waals surface area contributed by atoms with E-state index in [9.17, 15) is 10.1 Å². The molecule has 2 aromatic rings. The molecule has 2 aromatic heterocycles. The summed E-state index contributed by atoms with van der Waals surface area (Å²) in [4.78, 5) is 18.1. The molecular weight excluding hydrogens is 294 g/mol. The minimum atomic E-state index is -0.377. The highest BCUT2D eigenvalue weighted by molar-refractivity contribution is 7.15. The van der Waals surface area contributed by atoms with Crippen LogP contribution in [-0.2, 0) is 4.74 Å². The van der Waals surface area contributed by atoms with Crippen LogP contribution in [-0.4, -0.2) is 46.7 Å². The fourth-order valence-corrected chi connectivity index (χ4v) is 3.56. The van der Waals surface area contributed by atoms with Gasteiger partial charge >= 0.3 is 5.82 Å². The number of hydrogen-bond donors (Lipinski definition) is 1. The Morgan fingerprint density at radius 2 is 2.48 bits per heavy atom. The molecule has 1 aliphatic heterocycles. The van der Waals surface area contributed by atoms with Crippen molar-refractivity contribution in [1.29, 1.82) is 0 Å². The molecule has 3 heterocycles. The number of nitro groups is 1. The van der Waals surface area contributed by atoms with Crippen LogP contribution in [0.1, 0.15) is 12.8 Å². The maximum absolute atomic E-state index is 11.4. The number of imidazole rings is 1. The highest BCUT2D eigenvalue weighted by Gasteiger charge is 2.35. The second-order valence-corrected chi connectivity index (χ2v) is 5.91. The van der Waals surface area contributed by atoms with Gasteiger partial charge in [0.25, 0.3) is 4.96 Å². The third kappa shape index (κ3) is 2.37. The first-order valence-corrected chi connectivity index (χ1v) is 7.63. The number of piperidine rings is 1. The molecule has 114 valence electrons. The number of ether oxygens (including phenoxy) is 1. The van der Waals surface area contributed by atoms with Gasteiger partial charge in [-0.05, 0) is 17.8 Å². The molecule has 2 N–H and O–H groups in total. The molecule has 0 radical (unpaired) electrons. The number of hydrogen-bond acceptors (Lipinski definition) is 7. The second kappa shape index (κ2) is 5.58. The molecule has 0 aromatic carbocycles. The summed E-state index contributed by atoms with van der Waals surface area (Å²) < 4.78 is 6.91. The monoisotopic (exact) mass is 311 g/mol. The first-order valence-electron chi connectivity index (χ1n) is 6.75. The molecule has 0 saturated carbocycles. The number of anilines is 1. The lowest BCUT2D eigenvalue weighted by atomic mass is 9.99.